The third-order valence-corrected chi connectivity index (χ3v) is 6.33. The van der Waals surface area contributed by atoms with Gasteiger partial charge in [-0.25, -0.2) is 13.1 Å². The van der Waals surface area contributed by atoms with Crippen molar-refractivity contribution in [3.05, 3.63) is 39.6 Å². The average Bonchev–Trinajstić information content (AvgIpc) is 2.95. The minimum absolute atomic E-state index is 0.0379. The lowest BCUT2D eigenvalue weighted by molar-refractivity contribution is 0.0985. The molecule has 0 atom stereocenters. The van der Waals surface area contributed by atoms with Crippen LogP contribution in [0.3, 0.4) is 0 Å². The number of aryl methyl sites for hydroxylation is 2. The van der Waals surface area contributed by atoms with E-state index < -0.39 is 15.9 Å². The number of thiophene rings is 1. The van der Waals surface area contributed by atoms with Gasteiger partial charge in [0.1, 0.15) is 13.2 Å². The van der Waals surface area contributed by atoms with Gasteiger partial charge < -0.3 is 9.47 Å². The maximum absolute atomic E-state index is 12.4. The van der Waals surface area contributed by atoms with Gasteiger partial charge in [0.05, 0.1) is 9.77 Å². The third-order valence-electron chi connectivity index (χ3n) is 3.62. The van der Waals surface area contributed by atoms with E-state index in [4.69, 9.17) is 9.47 Å². The van der Waals surface area contributed by atoms with E-state index >= 15 is 0 Å². The predicted molar refractivity (Wildman–Crippen MR) is 90.5 cm³/mol. The fraction of sp³-hybridized carbons (Fsp3) is 0.312. The van der Waals surface area contributed by atoms with E-state index in [1.165, 1.54) is 29.5 Å². The Bertz CT molecular complexity index is 886. The van der Waals surface area contributed by atoms with Crippen molar-refractivity contribution in [2.24, 2.45) is 0 Å². The summed E-state index contributed by atoms with van der Waals surface area (Å²) in [5.41, 5.74) is 0.990. The van der Waals surface area contributed by atoms with Crippen molar-refractivity contribution in [2.75, 3.05) is 13.2 Å². The monoisotopic (exact) mass is 367 g/mol. The summed E-state index contributed by atoms with van der Waals surface area (Å²) >= 11 is 1.31. The number of sulfonamides is 1. The van der Waals surface area contributed by atoms with Crippen molar-refractivity contribution in [3.8, 4) is 11.5 Å². The molecule has 1 aromatic heterocycles. The van der Waals surface area contributed by atoms with Crippen LogP contribution in [0.4, 0.5) is 0 Å². The average molecular weight is 367 g/mol. The van der Waals surface area contributed by atoms with E-state index in [1.54, 1.807) is 6.07 Å². The van der Waals surface area contributed by atoms with Crippen molar-refractivity contribution in [3.63, 3.8) is 0 Å². The van der Waals surface area contributed by atoms with Crippen molar-refractivity contribution >= 4 is 27.3 Å². The van der Waals surface area contributed by atoms with Gasteiger partial charge in [-0.05, 0) is 37.1 Å². The van der Waals surface area contributed by atoms with Gasteiger partial charge in [-0.15, -0.1) is 11.3 Å². The summed E-state index contributed by atoms with van der Waals surface area (Å²) in [5.74, 6) is 0.225. The maximum atomic E-state index is 12.4. The Morgan fingerprint density at radius 2 is 1.92 bits per heavy atom. The van der Waals surface area contributed by atoms with Crippen LogP contribution in [0.5, 0.6) is 11.5 Å². The molecule has 0 aliphatic carbocycles. The first-order valence-corrected chi connectivity index (χ1v) is 9.77. The predicted octanol–water partition coefficient (Wildman–Crippen LogP) is 2.51. The van der Waals surface area contributed by atoms with Crippen LogP contribution < -0.4 is 14.2 Å². The highest BCUT2D eigenvalue weighted by Gasteiger charge is 2.23. The molecule has 1 N–H and O–H groups in total. The van der Waals surface area contributed by atoms with Gasteiger partial charge in [-0.3, -0.25) is 4.79 Å². The molecule has 2 aromatic rings. The summed E-state index contributed by atoms with van der Waals surface area (Å²) in [6.07, 6.45) is 0.804. The topological polar surface area (TPSA) is 81.7 Å². The second-order valence-electron chi connectivity index (χ2n) is 5.31. The van der Waals surface area contributed by atoms with Gasteiger partial charge in [-0.1, -0.05) is 6.92 Å². The number of carbonyl (C=O) groups excluding carboxylic acids is 1. The summed E-state index contributed by atoms with van der Waals surface area (Å²) in [7, 11) is -3.98. The van der Waals surface area contributed by atoms with Gasteiger partial charge in [0.25, 0.3) is 15.9 Å². The number of hydrogen-bond acceptors (Lipinski definition) is 6. The molecule has 24 heavy (non-hydrogen) atoms. The van der Waals surface area contributed by atoms with Crippen LogP contribution in [-0.2, 0) is 16.4 Å². The number of fused-ring (bicyclic) bond motifs is 1. The number of rotatable bonds is 4. The van der Waals surface area contributed by atoms with Gasteiger partial charge in [0.2, 0.25) is 0 Å². The van der Waals surface area contributed by atoms with Crippen LogP contribution in [-0.4, -0.2) is 27.5 Å². The highest BCUT2D eigenvalue weighted by molar-refractivity contribution is 7.90. The van der Waals surface area contributed by atoms with Crippen molar-refractivity contribution in [2.45, 2.75) is 25.2 Å². The highest BCUT2D eigenvalue weighted by atomic mass is 32.2. The summed E-state index contributed by atoms with van der Waals surface area (Å²) in [6.45, 7) is 4.68. The van der Waals surface area contributed by atoms with E-state index in [-0.39, 0.29) is 4.90 Å². The second-order valence-corrected chi connectivity index (χ2v) is 8.13. The molecular weight excluding hydrogens is 350 g/mol. The van der Waals surface area contributed by atoms with Crippen LogP contribution in [0.15, 0.2) is 29.2 Å². The quantitative estimate of drug-likeness (QED) is 0.898. The first-order valence-electron chi connectivity index (χ1n) is 7.47. The van der Waals surface area contributed by atoms with Gasteiger partial charge in [-0.2, -0.15) is 0 Å². The molecule has 2 heterocycles. The number of amides is 1. The Labute approximate surface area is 144 Å². The first kappa shape index (κ1) is 16.8. The van der Waals surface area contributed by atoms with E-state index in [2.05, 4.69) is 4.72 Å². The van der Waals surface area contributed by atoms with Crippen LogP contribution in [0.1, 0.15) is 27.0 Å². The number of nitrogens with one attached hydrogen (secondary N) is 1. The number of carbonyl (C=O) groups is 1. The molecule has 1 aliphatic heterocycles. The van der Waals surface area contributed by atoms with Crippen LogP contribution in [0.2, 0.25) is 0 Å². The lowest BCUT2D eigenvalue weighted by atomic mass is 10.2. The third kappa shape index (κ3) is 3.25. The molecule has 8 heteroatoms. The summed E-state index contributed by atoms with van der Waals surface area (Å²) < 4.78 is 37.7. The highest BCUT2D eigenvalue weighted by Crippen LogP contribution is 2.32. The summed E-state index contributed by atoms with van der Waals surface area (Å²) in [4.78, 5) is 13.7. The molecule has 0 spiro atoms. The van der Waals surface area contributed by atoms with Gasteiger partial charge in [0, 0.05) is 10.9 Å². The fourth-order valence-corrected chi connectivity index (χ4v) is 4.46. The number of benzene rings is 1. The zero-order valence-corrected chi connectivity index (χ0v) is 14.9. The van der Waals surface area contributed by atoms with Crippen LogP contribution in [0.25, 0.3) is 0 Å². The molecule has 0 unspecified atom stereocenters. The lowest BCUT2D eigenvalue weighted by Gasteiger charge is -2.18. The van der Waals surface area contributed by atoms with E-state index in [0.717, 1.165) is 16.9 Å². The molecule has 0 bridgehead atoms. The largest absolute Gasteiger partial charge is 0.486 e. The second kappa shape index (κ2) is 6.45. The molecule has 0 saturated carbocycles. The SMILES string of the molecule is CCc1sc(C(=O)NS(=O)(=O)c2ccc3c(c2)OCCO3)cc1C. The summed E-state index contributed by atoms with van der Waals surface area (Å²) in [5, 5.41) is 0. The van der Waals surface area contributed by atoms with Crippen molar-refractivity contribution in [1.82, 2.24) is 4.72 Å². The molecule has 1 aliphatic rings. The smallest absolute Gasteiger partial charge is 0.275 e. The molecular formula is C16H17NO5S2. The molecule has 128 valence electrons. The Kier molecular flexibility index (Phi) is 4.51. The van der Waals surface area contributed by atoms with Crippen molar-refractivity contribution in [1.29, 1.82) is 0 Å². The molecule has 1 amide bonds. The zero-order chi connectivity index (χ0) is 17.3. The van der Waals surface area contributed by atoms with Gasteiger partial charge in [0.15, 0.2) is 11.5 Å². The van der Waals surface area contributed by atoms with Crippen molar-refractivity contribution < 1.29 is 22.7 Å². The van der Waals surface area contributed by atoms with E-state index in [1.807, 2.05) is 13.8 Å². The minimum atomic E-state index is -3.98. The Hall–Kier alpha value is -2.06. The molecule has 0 radical (unpaired) electrons. The normalized spacial score (nSPS) is 13.6. The Balaban J connectivity index is 1.84. The fourth-order valence-electron chi connectivity index (χ4n) is 2.40. The molecule has 0 saturated heterocycles. The zero-order valence-electron chi connectivity index (χ0n) is 13.3. The lowest BCUT2D eigenvalue weighted by Crippen LogP contribution is -2.30. The Morgan fingerprint density at radius 3 is 2.58 bits per heavy atom. The van der Waals surface area contributed by atoms with E-state index in [0.29, 0.717) is 29.6 Å². The molecule has 1 aromatic carbocycles. The number of hydrogen-bond donors (Lipinski definition) is 1. The summed E-state index contributed by atoms with van der Waals surface area (Å²) in [6, 6.07) is 5.98. The van der Waals surface area contributed by atoms with Crippen LogP contribution in [0, 0.1) is 6.92 Å². The van der Waals surface area contributed by atoms with E-state index in [9.17, 15) is 13.2 Å². The maximum Gasteiger partial charge on any atom is 0.275 e. The Morgan fingerprint density at radius 1 is 1.21 bits per heavy atom. The minimum Gasteiger partial charge on any atom is -0.486 e. The van der Waals surface area contributed by atoms with Crippen LogP contribution >= 0.6 is 11.3 Å². The molecule has 0 fully saturated rings. The van der Waals surface area contributed by atoms with Gasteiger partial charge >= 0.3 is 0 Å². The first-order chi connectivity index (χ1) is 11.4. The number of ether oxygens (including phenoxy) is 2. The molecule has 3 rings (SSSR count). The standard InChI is InChI=1S/C16H17NO5S2/c1-3-14-10(2)8-15(23-14)16(18)17-24(19,20)11-4-5-12-13(9-11)22-7-6-21-12/h4-5,8-9H,3,6-7H2,1-2H3,(H,17,18). The molecule has 6 nitrogen and oxygen atoms in total.